The minimum atomic E-state index is -3.56. The Morgan fingerprint density at radius 2 is 1.80 bits per heavy atom. The lowest BCUT2D eigenvalue weighted by Crippen LogP contribution is -2.59. The van der Waals surface area contributed by atoms with Crippen molar-refractivity contribution in [3.8, 4) is 5.75 Å². The van der Waals surface area contributed by atoms with Crippen LogP contribution >= 0.6 is 0 Å². The lowest BCUT2D eigenvalue weighted by atomic mass is 9.96. The van der Waals surface area contributed by atoms with Gasteiger partial charge in [-0.3, -0.25) is 10.1 Å². The van der Waals surface area contributed by atoms with Crippen molar-refractivity contribution in [2.45, 2.75) is 62.6 Å². The van der Waals surface area contributed by atoms with Crippen molar-refractivity contribution in [3.63, 3.8) is 0 Å². The van der Waals surface area contributed by atoms with E-state index in [2.05, 4.69) is 24.1 Å². The third-order valence-electron chi connectivity index (χ3n) is 6.62. The molecule has 1 saturated carbocycles. The fourth-order valence-electron chi connectivity index (χ4n) is 4.73. The molecule has 0 aromatic heterocycles. The maximum Gasteiger partial charge on any atom is 0.243 e. The fraction of sp³-hybridized carbons (Fsp3) is 0.682. The van der Waals surface area contributed by atoms with Gasteiger partial charge in [-0.15, -0.1) is 0 Å². The monoisotopic (exact) mass is 435 g/mol. The molecule has 4 rings (SSSR count). The quantitative estimate of drug-likeness (QED) is 0.712. The van der Waals surface area contributed by atoms with E-state index in [1.807, 2.05) is 0 Å². The molecule has 1 aliphatic carbocycles. The van der Waals surface area contributed by atoms with Crippen LogP contribution in [0.15, 0.2) is 29.2 Å². The highest BCUT2D eigenvalue weighted by molar-refractivity contribution is 7.89. The lowest BCUT2D eigenvalue weighted by molar-refractivity contribution is -0.133. The second-order valence-corrected chi connectivity index (χ2v) is 11.3. The van der Waals surface area contributed by atoms with Crippen LogP contribution in [0.5, 0.6) is 5.75 Å². The molecule has 3 fully saturated rings. The molecule has 1 N–H and O–H groups in total. The van der Waals surface area contributed by atoms with E-state index < -0.39 is 15.7 Å². The van der Waals surface area contributed by atoms with Crippen LogP contribution in [0.25, 0.3) is 0 Å². The first kappa shape index (κ1) is 21.6. The van der Waals surface area contributed by atoms with Crippen molar-refractivity contribution in [3.05, 3.63) is 24.3 Å². The van der Waals surface area contributed by atoms with Gasteiger partial charge < -0.3 is 9.64 Å². The Balaban J connectivity index is 1.50. The molecule has 7 nitrogen and oxygen atoms in total. The van der Waals surface area contributed by atoms with Gasteiger partial charge in [0.1, 0.15) is 5.75 Å². The third kappa shape index (κ3) is 4.09. The summed E-state index contributed by atoms with van der Waals surface area (Å²) in [7, 11) is -2.00. The summed E-state index contributed by atoms with van der Waals surface area (Å²) in [6.45, 7) is 5.88. The van der Waals surface area contributed by atoms with Gasteiger partial charge in [0, 0.05) is 19.6 Å². The van der Waals surface area contributed by atoms with E-state index in [9.17, 15) is 13.2 Å². The summed E-state index contributed by atoms with van der Waals surface area (Å²) in [4.78, 5) is 15.5. The SMILES string of the molecule is COc1ccc(S(=O)(=O)N2CCC3(CC2)NC(CC(C)C)C(=O)N3CC2CC2)cc1. The number of carbonyl (C=O) groups is 1. The van der Waals surface area contributed by atoms with E-state index in [-0.39, 0.29) is 16.8 Å². The molecule has 0 radical (unpaired) electrons. The molecular formula is C22H33N3O4S. The standard InChI is InChI=1S/C22H33N3O4S/c1-16(2)14-20-21(26)25(15-17-4-5-17)22(23-20)10-12-24(13-11-22)30(27,28)19-8-6-18(29-3)7-9-19/h6-9,16-17,20,23H,4-5,10-15H2,1-3H3. The molecule has 166 valence electrons. The Kier molecular flexibility index (Phi) is 5.85. The van der Waals surface area contributed by atoms with E-state index in [1.165, 1.54) is 12.8 Å². The molecule has 1 amide bonds. The molecule has 1 unspecified atom stereocenters. The van der Waals surface area contributed by atoms with Gasteiger partial charge in [-0.05, 0) is 68.2 Å². The molecule has 3 aliphatic rings. The molecule has 2 saturated heterocycles. The van der Waals surface area contributed by atoms with Crippen LogP contribution in [-0.4, -0.2) is 62.0 Å². The third-order valence-corrected chi connectivity index (χ3v) is 8.53. The van der Waals surface area contributed by atoms with Crippen molar-refractivity contribution in [1.82, 2.24) is 14.5 Å². The van der Waals surface area contributed by atoms with Crippen LogP contribution in [0.3, 0.4) is 0 Å². The Morgan fingerprint density at radius 1 is 1.17 bits per heavy atom. The number of nitrogens with one attached hydrogen (secondary N) is 1. The number of benzene rings is 1. The summed E-state index contributed by atoms with van der Waals surface area (Å²) in [6, 6.07) is 6.36. The predicted molar refractivity (Wildman–Crippen MR) is 115 cm³/mol. The number of amides is 1. The number of hydrogen-bond donors (Lipinski definition) is 1. The van der Waals surface area contributed by atoms with Gasteiger partial charge in [-0.2, -0.15) is 4.31 Å². The molecule has 1 atom stereocenters. The summed E-state index contributed by atoms with van der Waals surface area (Å²) in [5.41, 5.74) is -0.412. The number of carbonyl (C=O) groups excluding carboxylic acids is 1. The highest BCUT2D eigenvalue weighted by Gasteiger charge is 2.53. The number of piperidine rings is 1. The summed E-state index contributed by atoms with van der Waals surface area (Å²) >= 11 is 0. The van der Waals surface area contributed by atoms with Gasteiger partial charge in [0.05, 0.1) is 23.7 Å². The van der Waals surface area contributed by atoms with Crippen molar-refractivity contribution in [2.75, 3.05) is 26.7 Å². The first-order valence-corrected chi connectivity index (χ1v) is 12.4. The summed E-state index contributed by atoms with van der Waals surface area (Å²) in [5.74, 6) is 1.86. The zero-order chi connectivity index (χ0) is 21.5. The topological polar surface area (TPSA) is 79.0 Å². The van der Waals surface area contributed by atoms with Crippen molar-refractivity contribution in [2.24, 2.45) is 11.8 Å². The van der Waals surface area contributed by atoms with Crippen LogP contribution in [0.2, 0.25) is 0 Å². The maximum atomic E-state index is 13.2. The van der Waals surface area contributed by atoms with E-state index >= 15 is 0 Å². The molecule has 30 heavy (non-hydrogen) atoms. The zero-order valence-corrected chi connectivity index (χ0v) is 19.0. The van der Waals surface area contributed by atoms with Gasteiger partial charge in [-0.25, -0.2) is 8.42 Å². The van der Waals surface area contributed by atoms with E-state index in [1.54, 1.807) is 35.7 Å². The minimum absolute atomic E-state index is 0.159. The Labute approximate surface area is 179 Å². The molecule has 1 aromatic rings. The molecule has 1 aromatic carbocycles. The van der Waals surface area contributed by atoms with Crippen LogP contribution in [0.1, 0.15) is 46.0 Å². The number of nitrogens with zero attached hydrogens (tertiary/aromatic N) is 2. The Bertz CT molecular complexity index is 872. The van der Waals surface area contributed by atoms with Crippen molar-refractivity contribution in [1.29, 1.82) is 0 Å². The highest BCUT2D eigenvalue weighted by atomic mass is 32.2. The number of rotatable bonds is 7. The van der Waals surface area contributed by atoms with Crippen LogP contribution in [-0.2, 0) is 14.8 Å². The molecule has 1 spiro atoms. The average molecular weight is 436 g/mol. The fourth-order valence-corrected chi connectivity index (χ4v) is 6.17. The van der Waals surface area contributed by atoms with Crippen LogP contribution in [0.4, 0.5) is 0 Å². The number of sulfonamides is 1. The molecular weight excluding hydrogens is 402 g/mol. The van der Waals surface area contributed by atoms with Gasteiger partial charge in [0.25, 0.3) is 0 Å². The van der Waals surface area contributed by atoms with Crippen LogP contribution in [0, 0.1) is 11.8 Å². The lowest BCUT2D eigenvalue weighted by Gasteiger charge is -2.44. The first-order chi connectivity index (χ1) is 14.2. The predicted octanol–water partition coefficient (Wildman–Crippen LogP) is 2.43. The van der Waals surface area contributed by atoms with Crippen molar-refractivity contribution < 1.29 is 17.9 Å². The number of methoxy groups -OCH3 is 1. The van der Waals surface area contributed by atoms with Gasteiger partial charge in [0.2, 0.25) is 15.9 Å². The second kappa shape index (κ2) is 8.13. The van der Waals surface area contributed by atoms with E-state index in [0.29, 0.717) is 43.5 Å². The van der Waals surface area contributed by atoms with Gasteiger partial charge in [0.15, 0.2) is 0 Å². The first-order valence-electron chi connectivity index (χ1n) is 11.0. The van der Waals surface area contributed by atoms with Crippen molar-refractivity contribution >= 4 is 15.9 Å². The Hall–Kier alpha value is -1.64. The number of hydrogen-bond acceptors (Lipinski definition) is 5. The van der Waals surface area contributed by atoms with Crippen LogP contribution < -0.4 is 10.1 Å². The smallest absolute Gasteiger partial charge is 0.243 e. The van der Waals surface area contributed by atoms with E-state index in [0.717, 1.165) is 13.0 Å². The number of ether oxygens (including phenoxy) is 1. The largest absolute Gasteiger partial charge is 0.497 e. The average Bonchev–Trinajstić information content (AvgIpc) is 3.51. The second-order valence-electron chi connectivity index (χ2n) is 9.33. The Morgan fingerprint density at radius 3 is 2.33 bits per heavy atom. The summed E-state index contributed by atoms with van der Waals surface area (Å²) < 4.78 is 32.9. The molecule has 8 heteroatoms. The molecule has 2 heterocycles. The van der Waals surface area contributed by atoms with E-state index in [4.69, 9.17) is 4.74 Å². The normalized spacial score (nSPS) is 24.7. The summed E-state index contributed by atoms with van der Waals surface area (Å²) in [5, 5.41) is 3.64. The van der Waals surface area contributed by atoms with Gasteiger partial charge >= 0.3 is 0 Å². The summed E-state index contributed by atoms with van der Waals surface area (Å²) in [6.07, 6.45) is 4.43. The minimum Gasteiger partial charge on any atom is -0.497 e. The molecule has 2 aliphatic heterocycles. The molecule has 0 bridgehead atoms. The maximum absolute atomic E-state index is 13.2. The highest BCUT2D eigenvalue weighted by Crippen LogP contribution is 2.39. The zero-order valence-electron chi connectivity index (χ0n) is 18.1. The van der Waals surface area contributed by atoms with Gasteiger partial charge in [-0.1, -0.05) is 13.8 Å².